The van der Waals surface area contributed by atoms with Gasteiger partial charge in [0.1, 0.15) is 0 Å². The summed E-state index contributed by atoms with van der Waals surface area (Å²) in [7, 11) is 0. The second-order valence-corrected chi connectivity index (χ2v) is 7.05. The molecule has 1 aromatic rings. The van der Waals surface area contributed by atoms with Gasteiger partial charge in [0.2, 0.25) is 0 Å². The fourth-order valence-electron chi connectivity index (χ4n) is 3.27. The first-order valence-corrected chi connectivity index (χ1v) is 8.07. The zero-order chi connectivity index (χ0) is 14.7. The first kappa shape index (κ1) is 16.1. The molecule has 1 aromatic carbocycles. The summed E-state index contributed by atoms with van der Waals surface area (Å²) >= 11 is 12.1. The summed E-state index contributed by atoms with van der Waals surface area (Å²) in [5.74, 6) is 1.51. The molecular formula is C16H23Cl2NO. The fraction of sp³-hybridized carbons (Fsp3) is 0.625. The Balaban J connectivity index is 1.91. The van der Waals surface area contributed by atoms with Gasteiger partial charge in [0, 0.05) is 28.2 Å². The average molecular weight is 316 g/mol. The number of halogens is 2. The van der Waals surface area contributed by atoms with Crippen molar-refractivity contribution in [3.8, 4) is 0 Å². The minimum absolute atomic E-state index is 0.487. The maximum absolute atomic E-state index is 10.3. The predicted molar refractivity (Wildman–Crippen MR) is 85.4 cm³/mol. The minimum Gasteiger partial charge on any atom is -0.387 e. The van der Waals surface area contributed by atoms with Crippen LogP contribution in [0.15, 0.2) is 18.2 Å². The van der Waals surface area contributed by atoms with E-state index in [0.717, 1.165) is 11.8 Å². The number of hydrogen-bond acceptors (Lipinski definition) is 2. The molecule has 4 heteroatoms. The quantitative estimate of drug-likeness (QED) is 0.860. The molecule has 3 atom stereocenters. The van der Waals surface area contributed by atoms with Crippen LogP contribution in [0.25, 0.3) is 0 Å². The smallest absolute Gasteiger partial charge is 0.0929 e. The van der Waals surface area contributed by atoms with Gasteiger partial charge >= 0.3 is 0 Å². The Kier molecular flexibility index (Phi) is 5.74. The van der Waals surface area contributed by atoms with E-state index in [-0.39, 0.29) is 0 Å². The maximum Gasteiger partial charge on any atom is 0.0929 e. The largest absolute Gasteiger partial charge is 0.387 e. The Morgan fingerprint density at radius 2 is 1.85 bits per heavy atom. The first-order valence-electron chi connectivity index (χ1n) is 7.32. The zero-order valence-corrected chi connectivity index (χ0v) is 13.6. The van der Waals surface area contributed by atoms with E-state index in [1.807, 2.05) is 0 Å². The zero-order valence-electron chi connectivity index (χ0n) is 12.1. The highest BCUT2D eigenvalue weighted by Gasteiger charge is 2.24. The Bertz CT molecular complexity index is 442. The van der Waals surface area contributed by atoms with Gasteiger partial charge in [-0.1, -0.05) is 37.0 Å². The summed E-state index contributed by atoms with van der Waals surface area (Å²) in [6.07, 6.45) is 3.05. The molecule has 3 unspecified atom stereocenters. The molecule has 0 amide bonds. The molecule has 0 spiro atoms. The van der Waals surface area contributed by atoms with Crippen molar-refractivity contribution < 1.29 is 5.11 Å². The van der Waals surface area contributed by atoms with E-state index in [1.165, 1.54) is 19.3 Å². The van der Waals surface area contributed by atoms with Crippen LogP contribution in [0.4, 0.5) is 0 Å². The summed E-state index contributed by atoms with van der Waals surface area (Å²) in [5, 5.41) is 14.9. The molecule has 0 heterocycles. The number of benzene rings is 1. The van der Waals surface area contributed by atoms with Gasteiger partial charge in [-0.15, -0.1) is 0 Å². The lowest BCUT2D eigenvalue weighted by atomic mass is 9.80. The van der Waals surface area contributed by atoms with Gasteiger partial charge in [-0.25, -0.2) is 0 Å². The monoisotopic (exact) mass is 315 g/mol. The van der Waals surface area contributed by atoms with Crippen LogP contribution in [0, 0.1) is 11.8 Å². The molecule has 0 radical (unpaired) electrons. The van der Waals surface area contributed by atoms with Crippen molar-refractivity contribution in [3.63, 3.8) is 0 Å². The highest BCUT2D eigenvalue weighted by atomic mass is 35.5. The third-order valence-corrected chi connectivity index (χ3v) is 4.67. The maximum atomic E-state index is 10.3. The summed E-state index contributed by atoms with van der Waals surface area (Å²) in [6, 6.07) is 5.69. The van der Waals surface area contributed by atoms with Gasteiger partial charge in [-0.05, 0) is 49.3 Å². The van der Waals surface area contributed by atoms with Crippen LogP contribution < -0.4 is 5.32 Å². The third kappa shape index (κ3) is 4.36. The molecule has 1 fully saturated rings. The second-order valence-electron chi connectivity index (χ2n) is 6.20. The van der Waals surface area contributed by atoms with Crippen LogP contribution in [0.1, 0.15) is 44.8 Å². The normalized spacial score (nSPS) is 28.4. The number of nitrogens with one attached hydrogen (secondary N) is 1. The molecule has 2 N–H and O–H groups in total. The van der Waals surface area contributed by atoms with E-state index in [9.17, 15) is 5.11 Å². The lowest BCUT2D eigenvalue weighted by molar-refractivity contribution is 0.155. The van der Waals surface area contributed by atoms with Crippen molar-refractivity contribution in [1.82, 2.24) is 5.32 Å². The van der Waals surface area contributed by atoms with Crippen LogP contribution >= 0.6 is 23.2 Å². The standard InChI is InChI=1S/C16H23Cl2NO/c1-10-5-11(2)7-13(6-10)19-9-16(20)14-8-12(17)3-4-15(14)18/h3-4,8,10-11,13,16,19-20H,5-7,9H2,1-2H3. The van der Waals surface area contributed by atoms with E-state index < -0.39 is 6.10 Å². The van der Waals surface area contributed by atoms with Crippen molar-refractivity contribution in [2.75, 3.05) is 6.54 Å². The Labute approximate surface area is 131 Å². The lowest BCUT2D eigenvalue weighted by Gasteiger charge is -2.32. The fourth-order valence-corrected chi connectivity index (χ4v) is 3.70. The van der Waals surface area contributed by atoms with E-state index >= 15 is 0 Å². The molecule has 1 aliphatic carbocycles. The number of aliphatic hydroxyl groups is 1. The molecular weight excluding hydrogens is 293 g/mol. The van der Waals surface area contributed by atoms with Gasteiger partial charge in [-0.3, -0.25) is 0 Å². The van der Waals surface area contributed by atoms with E-state index in [4.69, 9.17) is 23.2 Å². The van der Waals surface area contributed by atoms with Crippen LogP contribution in [0.2, 0.25) is 10.0 Å². The van der Waals surface area contributed by atoms with Gasteiger partial charge in [0.15, 0.2) is 0 Å². The lowest BCUT2D eigenvalue weighted by Crippen LogP contribution is -2.38. The molecule has 0 aliphatic heterocycles. The predicted octanol–water partition coefficient (Wildman–Crippen LogP) is 4.44. The van der Waals surface area contributed by atoms with E-state index in [1.54, 1.807) is 18.2 Å². The van der Waals surface area contributed by atoms with Gasteiger partial charge in [0.25, 0.3) is 0 Å². The summed E-state index contributed by atoms with van der Waals surface area (Å²) < 4.78 is 0. The van der Waals surface area contributed by atoms with Crippen molar-refractivity contribution in [2.45, 2.75) is 45.3 Å². The Morgan fingerprint density at radius 3 is 2.50 bits per heavy atom. The molecule has 0 saturated heterocycles. The minimum atomic E-state index is -0.617. The summed E-state index contributed by atoms with van der Waals surface area (Å²) in [5.41, 5.74) is 0.698. The van der Waals surface area contributed by atoms with Crippen molar-refractivity contribution in [1.29, 1.82) is 0 Å². The molecule has 2 nitrogen and oxygen atoms in total. The van der Waals surface area contributed by atoms with Crippen molar-refractivity contribution >= 4 is 23.2 Å². The number of hydrogen-bond donors (Lipinski definition) is 2. The number of aliphatic hydroxyl groups excluding tert-OH is 1. The van der Waals surface area contributed by atoms with Crippen LogP contribution in [0.3, 0.4) is 0 Å². The summed E-state index contributed by atoms with van der Waals surface area (Å²) in [4.78, 5) is 0. The number of rotatable bonds is 4. The molecule has 2 rings (SSSR count). The highest BCUT2D eigenvalue weighted by molar-refractivity contribution is 6.33. The Morgan fingerprint density at radius 1 is 1.20 bits per heavy atom. The molecule has 1 aliphatic rings. The van der Waals surface area contributed by atoms with Crippen LogP contribution in [0.5, 0.6) is 0 Å². The molecule has 0 aromatic heterocycles. The summed E-state index contributed by atoms with van der Waals surface area (Å²) in [6.45, 7) is 5.12. The van der Waals surface area contributed by atoms with Crippen LogP contribution in [-0.4, -0.2) is 17.7 Å². The highest BCUT2D eigenvalue weighted by Crippen LogP contribution is 2.30. The Hall–Kier alpha value is -0.280. The van der Waals surface area contributed by atoms with Crippen molar-refractivity contribution in [3.05, 3.63) is 33.8 Å². The third-order valence-electron chi connectivity index (χ3n) is 4.10. The first-order chi connectivity index (χ1) is 9.45. The van der Waals surface area contributed by atoms with E-state index in [0.29, 0.717) is 28.2 Å². The van der Waals surface area contributed by atoms with Gasteiger partial charge in [-0.2, -0.15) is 0 Å². The molecule has 0 bridgehead atoms. The molecule has 112 valence electrons. The van der Waals surface area contributed by atoms with Crippen molar-refractivity contribution in [2.24, 2.45) is 11.8 Å². The topological polar surface area (TPSA) is 32.3 Å². The van der Waals surface area contributed by atoms with E-state index in [2.05, 4.69) is 19.2 Å². The average Bonchev–Trinajstić information content (AvgIpc) is 2.38. The molecule has 20 heavy (non-hydrogen) atoms. The SMILES string of the molecule is CC1CC(C)CC(NCC(O)c2cc(Cl)ccc2Cl)C1. The molecule has 1 saturated carbocycles. The van der Waals surface area contributed by atoms with Gasteiger partial charge in [0.05, 0.1) is 6.10 Å². The van der Waals surface area contributed by atoms with Crippen LogP contribution in [-0.2, 0) is 0 Å². The second kappa shape index (κ2) is 7.13. The van der Waals surface area contributed by atoms with Gasteiger partial charge < -0.3 is 10.4 Å².